The Bertz CT molecular complexity index is 1210. The number of aromatic nitrogens is 1. The van der Waals surface area contributed by atoms with Crippen LogP contribution in [0.4, 0.5) is 17.3 Å². The van der Waals surface area contributed by atoms with Crippen molar-refractivity contribution in [3.8, 4) is 12.1 Å². The number of hydrogen-bond donors (Lipinski definition) is 0. The summed E-state index contributed by atoms with van der Waals surface area (Å²) in [6.45, 7) is 7.01. The average molecular weight is 487 g/mol. The molecule has 0 radical (unpaired) electrons. The Morgan fingerprint density at radius 3 is 2.17 bits per heavy atom. The van der Waals surface area contributed by atoms with Gasteiger partial charge in [0.2, 0.25) is 5.96 Å². The maximum Gasteiger partial charge on any atom is 0.202 e. The Labute approximate surface area is 211 Å². The molecule has 0 spiro atoms. The van der Waals surface area contributed by atoms with Gasteiger partial charge in [-0.2, -0.15) is 15.5 Å². The van der Waals surface area contributed by atoms with E-state index in [0.29, 0.717) is 55.0 Å². The van der Waals surface area contributed by atoms with Crippen LogP contribution in [-0.4, -0.2) is 93.1 Å². The molecule has 0 aliphatic carbocycles. The summed E-state index contributed by atoms with van der Waals surface area (Å²) in [6.07, 6.45) is 0. The number of pyridine rings is 1. The normalized spacial score (nSPS) is 16.4. The van der Waals surface area contributed by atoms with Crippen LogP contribution in [0.3, 0.4) is 0 Å². The molecule has 0 atom stereocenters. The maximum atomic E-state index is 11.6. The lowest BCUT2D eigenvalue weighted by molar-refractivity contribution is 0.101. The number of carbonyl (C=O) groups excluding carboxylic acids is 1. The number of piperazine rings is 1. The number of benzene rings is 1. The fourth-order valence-corrected chi connectivity index (χ4v) is 4.38. The van der Waals surface area contributed by atoms with E-state index in [1.54, 1.807) is 13.0 Å². The van der Waals surface area contributed by atoms with Crippen LogP contribution < -0.4 is 9.80 Å². The monoisotopic (exact) mass is 486 g/mol. The maximum absolute atomic E-state index is 11.6. The molecule has 0 unspecified atom stereocenters. The third kappa shape index (κ3) is 5.40. The standard InChI is InChI=1S/C26H30N8O2/c1-19(35)20-4-6-23(7-5-20)32-8-10-34(11-9-32)26(31(2)3)30-24-21(17-27)16-22(18-28)25(29-24)33-12-14-36-15-13-33/h4-7,16H,8-15H2,1-3H3. The summed E-state index contributed by atoms with van der Waals surface area (Å²) in [5, 5.41) is 19.4. The SMILES string of the molecule is CC(=O)c1ccc(N2CCN(C(=Nc3nc(N4CCOCC4)c(C#N)cc3C#N)N(C)C)CC2)cc1. The van der Waals surface area contributed by atoms with Crippen LogP contribution >= 0.6 is 0 Å². The molecule has 36 heavy (non-hydrogen) atoms. The lowest BCUT2D eigenvalue weighted by Crippen LogP contribution is -2.52. The molecule has 0 amide bonds. The van der Waals surface area contributed by atoms with Gasteiger partial charge >= 0.3 is 0 Å². The third-order valence-electron chi connectivity index (χ3n) is 6.34. The lowest BCUT2D eigenvalue weighted by atomic mass is 10.1. The van der Waals surface area contributed by atoms with Crippen LogP contribution in [0.15, 0.2) is 35.3 Å². The van der Waals surface area contributed by atoms with Crippen molar-refractivity contribution >= 4 is 29.1 Å². The molecule has 186 valence electrons. The number of morpholine rings is 1. The average Bonchev–Trinajstić information content (AvgIpc) is 2.91. The van der Waals surface area contributed by atoms with Gasteiger partial charge in [-0.3, -0.25) is 4.79 Å². The zero-order chi connectivity index (χ0) is 25.7. The highest BCUT2D eigenvalue weighted by Crippen LogP contribution is 2.27. The molecule has 1 aromatic heterocycles. The largest absolute Gasteiger partial charge is 0.378 e. The third-order valence-corrected chi connectivity index (χ3v) is 6.34. The topological polar surface area (TPSA) is 112 Å². The quantitative estimate of drug-likeness (QED) is 0.365. The lowest BCUT2D eigenvalue weighted by Gasteiger charge is -2.39. The number of ether oxygens (including phenoxy) is 1. The molecule has 2 aliphatic heterocycles. The molecular weight excluding hydrogens is 456 g/mol. The van der Waals surface area contributed by atoms with E-state index in [0.717, 1.165) is 31.9 Å². The first-order valence-corrected chi connectivity index (χ1v) is 12.0. The number of hydrogen-bond acceptors (Lipinski definition) is 8. The van der Waals surface area contributed by atoms with Gasteiger partial charge in [0.25, 0.3) is 0 Å². The summed E-state index contributed by atoms with van der Waals surface area (Å²) in [5.74, 6) is 1.62. The van der Waals surface area contributed by atoms with E-state index in [4.69, 9.17) is 9.73 Å². The Balaban J connectivity index is 1.58. The number of nitriles is 2. The molecule has 3 heterocycles. The molecule has 0 saturated carbocycles. The second kappa shape index (κ2) is 11.1. The summed E-state index contributed by atoms with van der Waals surface area (Å²) >= 11 is 0. The molecule has 10 nitrogen and oxygen atoms in total. The van der Waals surface area contributed by atoms with Crippen molar-refractivity contribution in [3.05, 3.63) is 47.0 Å². The van der Waals surface area contributed by atoms with Gasteiger partial charge in [-0.1, -0.05) is 0 Å². The second-order valence-electron chi connectivity index (χ2n) is 8.94. The summed E-state index contributed by atoms with van der Waals surface area (Å²) < 4.78 is 5.44. The van der Waals surface area contributed by atoms with Crippen molar-refractivity contribution in [3.63, 3.8) is 0 Å². The second-order valence-corrected chi connectivity index (χ2v) is 8.94. The first kappa shape index (κ1) is 25.0. The first-order valence-electron chi connectivity index (χ1n) is 12.0. The number of rotatable bonds is 4. The number of aliphatic imine (C=N–C) groups is 1. The predicted molar refractivity (Wildman–Crippen MR) is 138 cm³/mol. The van der Waals surface area contributed by atoms with Crippen molar-refractivity contribution in [2.45, 2.75) is 6.92 Å². The van der Waals surface area contributed by atoms with Crippen LogP contribution in [0.2, 0.25) is 0 Å². The minimum Gasteiger partial charge on any atom is -0.378 e. The van der Waals surface area contributed by atoms with Crippen LogP contribution in [0.1, 0.15) is 28.4 Å². The van der Waals surface area contributed by atoms with Gasteiger partial charge in [-0.05, 0) is 37.3 Å². The molecular formula is C26H30N8O2. The van der Waals surface area contributed by atoms with E-state index >= 15 is 0 Å². The zero-order valence-electron chi connectivity index (χ0n) is 20.9. The van der Waals surface area contributed by atoms with Crippen LogP contribution in [-0.2, 0) is 4.74 Å². The molecule has 2 saturated heterocycles. The molecule has 1 aromatic carbocycles. The van der Waals surface area contributed by atoms with Crippen molar-refractivity contribution < 1.29 is 9.53 Å². The van der Waals surface area contributed by atoms with Gasteiger partial charge < -0.3 is 24.3 Å². The molecule has 2 aliphatic rings. The molecule has 0 N–H and O–H groups in total. The smallest absolute Gasteiger partial charge is 0.202 e. The molecule has 2 aromatic rings. The van der Waals surface area contributed by atoms with Gasteiger partial charge in [0.1, 0.15) is 18.0 Å². The Morgan fingerprint density at radius 1 is 0.972 bits per heavy atom. The van der Waals surface area contributed by atoms with Gasteiger partial charge in [0.15, 0.2) is 11.6 Å². The number of anilines is 2. The number of nitrogens with zero attached hydrogens (tertiary/aromatic N) is 8. The highest BCUT2D eigenvalue weighted by atomic mass is 16.5. The van der Waals surface area contributed by atoms with Gasteiger partial charge in [-0.15, -0.1) is 0 Å². The predicted octanol–water partition coefficient (Wildman–Crippen LogP) is 2.24. The fraction of sp³-hybridized carbons (Fsp3) is 0.423. The molecule has 10 heteroatoms. The van der Waals surface area contributed by atoms with Crippen molar-refractivity contribution in [1.82, 2.24) is 14.8 Å². The number of Topliss-reactive ketones (excluding diaryl/α,β-unsaturated/α-hetero) is 1. The number of ketones is 1. The highest BCUT2D eigenvalue weighted by molar-refractivity contribution is 5.94. The molecule has 4 rings (SSSR count). The highest BCUT2D eigenvalue weighted by Gasteiger charge is 2.24. The minimum absolute atomic E-state index is 0.0585. The van der Waals surface area contributed by atoms with Crippen LogP contribution in [0, 0.1) is 22.7 Å². The zero-order valence-corrected chi connectivity index (χ0v) is 20.9. The Kier molecular flexibility index (Phi) is 7.67. The van der Waals surface area contributed by atoms with Crippen LogP contribution in [0.25, 0.3) is 0 Å². The minimum atomic E-state index is 0.0585. The van der Waals surface area contributed by atoms with E-state index in [1.165, 1.54) is 0 Å². The fourth-order valence-electron chi connectivity index (χ4n) is 4.38. The van der Waals surface area contributed by atoms with E-state index in [1.807, 2.05) is 48.2 Å². The Morgan fingerprint density at radius 2 is 1.61 bits per heavy atom. The molecule has 2 fully saturated rings. The van der Waals surface area contributed by atoms with Gasteiger partial charge in [0.05, 0.1) is 24.3 Å². The van der Waals surface area contributed by atoms with Crippen molar-refractivity contribution in [1.29, 1.82) is 10.5 Å². The summed E-state index contributed by atoms with van der Waals surface area (Å²) in [7, 11) is 3.84. The van der Waals surface area contributed by atoms with Crippen molar-refractivity contribution in [2.75, 3.05) is 76.4 Å². The molecule has 0 bridgehead atoms. The first-order chi connectivity index (χ1) is 17.4. The Hall–Kier alpha value is -4.15. The number of carbonyl (C=O) groups is 1. The van der Waals surface area contributed by atoms with E-state index < -0.39 is 0 Å². The summed E-state index contributed by atoms with van der Waals surface area (Å²) in [5.41, 5.74) is 2.42. The van der Waals surface area contributed by atoms with Crippen LogP contribution in [0.5, 0.6) is 0 Å². The summed E-state index contributed by atoms with van der Waals surface area (Å²) in [6, 6.07) is 13.6. The summed E-state index contributed by atoms with van der Waals surface area (Å²) in [4.78, 5) is 29.5. The van der Waals surface area contributed by atoms with Crippen molar-refractivity contribution in [2.24, 2.45) is 4.99 Å². The van der Waals surface area contributed by atoms with Gasteiger partial charge in [0, 0.05) is 64.6 Å². The van der Waals surface area contributed by atoms with E-state index in [2.05, 4.69) is 26.9 Å². The van der Waals surface area contributed by atoms with E-state index in [-0.39, 0.29) is 11.3 Å². The van der Waals surface area contributed by atoms with Gasteiger partial charge in [-0.25, -0.2) is 4.98 Å². The number of guanidine groups is 1. The van der Waals surface area contributed by atoms with E-state index in [9.17, 15) is 15.3 Å².